The summed E-state index contributed by atoms with van der Waals surface area (Å²) in [5.41, 5.74) is 0.506. The van der Waals surface area contributed by atoms with Crippen LogP contribution in [0.15, 0.2) is 43.0 Å². The van der Waals surface area contributed by atoms with Gasteiger partial charge in [0.1, 0.15) is 0 Å². The number of hydrogen-bond donors (Lipinski definition) is 0. The van der Waals surface area contributed by atoms with Gasteiger partial charge in [0.05, 0.1) is 0 Å². The number of unbranched alkanes of at least 4 members (excludes halogenated alkanes) is 1. The molecule has 0 atom stereocenters. The molecular weight excluding hydrogens is 306 g/mol. The van der Waals surface area contributed by atoms with E-state index in [1.54, 1.807) is 0 Å². The average molecular weight is 330 g/mol. The summed E-state index contributed by atoms with van der Waals surface area (Å²) < 4.78 is 25.9. The standard InChI is InChI=1S/C20H24F2Si/c1-2-3-6-13-23-14-11-17(12-15-23)7-4-5-8-18-9-10-19(21)20(22)16-18/h2,4,7,9-10,16-17,23H,1,3,6,11-15H2/t17-,23-. The van der Waals surface area contributed by atoms with Crippen LogP contribution < -0.4 is 0 Å². The van der Waals surface area contributed by atoms with Crippen LogP contribution in [0.3, 0.4) is 0 Å². The summed E-state index contributed by atoms with van der Waals surface area (Å²) in [6.07, 6.45) is 11.1. The van der Waals surface area contributed by atoms with E-state index in [9.17, 15) is 8.78 Å². The van der Waals surface area contributed by atoms with Crippen LogP contribution >= 0.6 is 0 Å². The van der Waals surface area contributed by atoms with E-state index < -0.39 is 20.4 Å². The molecule has 0 aromatic heterocycles. The van der Waals surface area contributed by atoms with Gasteiger partial charge in [0.15, 0.2) is 11.6 Å². The maximum absolute atomic E-state index is 13.1. The first kappa shape index (κ1) is 17.7. The Morgan fingerprint density at radius 2 is 2.00 bits per heavy atom. The van der Waals surface area contributed by atoms with E-state index in [1.165, 1.54) is 43.5 Å². The lowest BCUT2D eigenvalue weighted by atomic mass is 10.0. The summed E-state index contributed by atoms with van der Waals surface area (Å²) in [6, 6.07) is 8.07. The van der Waals surface area contributed by atoms with Gasteiger partial charge in [0, 0.05) is 14.4 Å². The molecule has 1 saturated heterocycles. The molecule has 1 fully saturated rings. The molecule has 2 rings (SSSR count). The Kier molecular flexibility index (Phi) is 7.28. The summed E-state index contributed by atoms with van der Waals surface area (Å²) in [4.78, 5) is 0. The molecule has 1 aromatic carbocycles. The Balaban J connectivity index is 1.76. The van der Waals surface area contributed by atoms with E-state index >= 15 is 0 Å². The highest BCUT2D eigenvalue weighted by molar-refractivity contribution is 6.58. The van der Waals surface area contributed by atoms with Crippen LogP contribution in [0.25, 0.3) is 0 Å². The Bertz CT molecular complexity index is 602. The Morgan fingerprint density at radius 1 is 1.22 bits per heavy atom. The van der Waals surface area contributed by atoms with Crippen LogP contribution in [0.5, 0.6) is 0 Å². The minimum Gasteiger partial charge on any atom is -0.204 e. The van der Waals surface area contributed by atoms with Crippen LogP contribution in [0.1, 0.15) is 31.2 Å². The highest BCUT2D eigenvalue weighted by Gasteiger charge is 2.19. The minimum atomic E-state index is -0.847. The SMILES string of the molecule is C=CCCC[Si@H]1CC[C@H](C=CC#Cc2ccc(F)c(F)c2)CC1. The first-order chi connectivity index (χ1) is 11.2. The zero-order valence-electron chi connectivity index (χ0n) is 13.5. The monoisotopic (exact) mass is 330 g/mol. The van der Waals surface area contributed by atoms with E-state index in [0.717, 1.165) is 18.6 Å². The van der Waals surface area contributed by atoms with Gasteiger partial charge in [-0.25, -0.2) is 8.78 Å². The summed E-state index contributed by atoms with van der Waals surface area (Å²) in [6.45, 7) is 3.78. The normalized spacial score (nSPS) is 21.0. The summed E-state index contributed by atoms with van der Waals surface area (Å²) in [5.74, 6) is 4.74. The molecule has 23 heavy (non-hydrogen) atoms. The number of hydrogen-bond acceptors (Lipinski definition) is 0. The third kappa shape index (κ3) is 6.15. The maximum Gasteiger partial charge on any atom is 0.160 e. The molecule has 3 heteroatoms. The van der Waals surface area contributed by atoms with Crippen molar-refractivity contribution in [1.82, 2.24) is 0 Å². The van der Waals surface area contributed by atoms with Crippen LogP contribution in [0.4, 0.5) is 8.78 Å². The van der Waals surface area contributed by atoms with E-state index in [4.69, 9.17) is 0 Å². The van der Waals surface area contributed by atoms with Crippen molar-refractivity contribution in [3.63, 3.8) is 0 Å². The molecule has 0 saturated carbocycles. The molecule has 1 heterocycles. The van der Waals surface area contributed by atoms with Gasteiger partial charge < -0.3 is 0 Å². The van der Waals surface area contributed by atoms with Crippen LogP contribution in [0, 0.1) is 29.4 Å². The topological polar surface area (TPSA) is 0 Å². The van der Waals surface area contributed by atoms with Gasteiger partial charge >= 0.3 is 0 Å². The van der Waals surface area contributed by atoms with Gasteiger partial charge in [-0.3, -0.25) is 0 Å². The Hall–Kier alpha value is -1.66. The van der Waals surface area contributed by atoms with Gasteiger partial charge in [-0.15, -0.1) is 6.58 Å². The number of allylic oxidation sites excluding steroid dienone is 3. The molecule has 0 N–H and O–H groups in total. The third-order valence-electron chi connectivity index (χ3n) is 4.50. The van der Waals surface area contributed by atoms with Crippen molar-refractivity contribution in [2.24, 2.45) is 5.92 Å². The Morgan fingerprint density at radius 3 is 2.70 bits per heavy atom. The van der Waals surface area contributed by atoms with Gasteiger partial charge in [0.2, 0.25) is 0 Å². The van der Waals surface area contributed by atoms with Crippen molar-refractivity contribution >= 4 is 8.80 Å². The van der Waals surface area contributed by atoms with Gasteiger partial charge in [-0.1, -0.05) is 48.5 Å². The van der Waals surface area contributed by atoms with Gasteiger partial charge in [0.25, 0.3) is 0 Å². The highest BCUT2D eigenvalue weighted by atomic mass is 28.3. The second-order valence-corrected chi connectivity index (χ2v) is 9.72. The highest BCUT2D eigenvalue weighted by Crippen LogP contribution is 2.28. The average Bonchev–Trinajstić information content (AvgIpc) is 2.56. The molecule has 0 aliphatic carbocycles. The molecular formula is C20H24F2Si. The van der Waals surface area contributed by atoms with Crippen molar-refractivity contribution in [2.75, 3.05) is 0 Å². The van der Waals surface area contributed by atoms with E-state index in [2.05, 4.69) is 24.5 Å². The van der Waals surface area contributed by atoms with E-state index in [-0.39, 0.29) is 0 Å². The van der Waals surface area contributed by atoms with Crippen molar-refractivity contribution < 1.29 is 8.78 Å². The largest absolute Gasteiger partial charge is 0.204 e. The molecule has 122 valence electrons. The number of rotatable bonds is 5. The molecule has 0 spiro atoms. The van der Waals surface area contributed by atoms with Crippen LogP contribution in [-0.4, -0.2) is 8.80 Å². The van der Waals surface area contributed by atoms with Crippen LogP contribution in [-0.2, 0) is 0 Å². The fraction of sp³-hybridized carbons (Fsp3) is 0.400. The van der Waals surface area contributed by atoms with Crippen molar-refractivity contribution in [2.45, 2.75) is 43.8 Å². The summed E-state index contributed by atoms with van der Waals surface area (Å²) in [5, 5.41) is 0. The lowest BCUT2D eigenvalue weighted by Crippen LogP contribution is -2.20. The number of halogens is 2. The predicted octanol–water partition coefficient (Wildman–Crippen LogP) is 5.48. The lowest BCUT2D eigenvalue weighted by Gasteiger charge is -2.25. The van der Waals surface area contributed by atoms with Crippen molar-refractivity contribution in [1.29, 1.82) is 0 Å². The first-order valence-corrected chi connectivity index (χ1v) is 10.9. The molecule has 0 bridgehead atoms. The zero-order chi connectivity index (χ0) is 16.5. The molecule has 0 nitrogen and oxygen atoms in total. The van der Waals surface area contributed by atoms with Crippen LogP contribution in [0.2, 0.25) is 18.1 Å². The molecule has 0 amide bonds. The fourth-order valence-corrected chi connectivity index (χ4v) is 6.58. The molecule has 0 unspecified atom stereocenters. The quantitative estimate of drug-likeness (QED) is 0.290. The maximum atomic E-state index is 13.1. The Labute approximate surface area is 139 Å². The number of benzene rings is 1. The van der Waals surface area contributed by atoms with E-state index in [0.29, 0.717) is 11.5 Å². The minimum absolute atomic E-state index is 0.492. The molecule has 0 radical (unpaired) electrons. The predicted molar refractivity (Wildman–Crippen MR) is 96.1 cm³/mol. The lowest BCUT2D eigenvalue weighted by molar-refractivity contribution is 0.508. The first-order valence-electron chi connectivity index (χ1n) is 8.43. The summed E-state index contributed by atoms with van der Waals surface area (Å²) >= 11 is 0. The van der Waals surface area contributed by atoms with E-state index in [1.807, 2.05) is 12.2 Å². The second kappa shape index (κ2) is 9.47. The van der Waals surface area contributed by atoms with Gasteiger partial charge in [-0.05, 0) is 49.5 Å². The van der Waals surface area contributed by atoms with Crippen molar-refractivity contribution in [3.05, 3.63) is 60.2 Å². The summed E-state index contributed by atoms with van der Waals surface area (Å²) in [7, 11) is -0.492. The molecule has 1 aliphatic rings. The molecule has 1 aromatic rings. The smallest absolute Gasteiger partial charge is 0.160 e. The van der Waals surface area contributed by atoms with Crippen molar-refractivity contribution in [3.8, 4) is 11.8 Å². The zero-order valence-corrected chi connectivity index (χ0v) is 14.7. The third-order valence-corrected chi connectivity index (χ3v) is 8.02. The fourth-order valence-electron chi connectivity index (χ4n) is 3.10. The second-order valence-electron chi connectivity index (χ2n) is 6.26. The molecule has 1 aliphatic heterocycles. The van der Waals surface area contributed by atoms with Gasteiger partial charge in [-0.2, -0.15) is 0 Å².